The number of thiazole rings is 1. The quantitative estimate of drug-likeness (QED) is 0.747. The van der Waals surface area contributed by atoms with Crippen molar-refractivity contribution >= 4 is 35.1 Å². The van der Waals surface area contributed by atoms with Crippen LogP contribution in [-0.2, 0) is 6.42 Å². The van der Waals surface area contributed by atoms with E-state index in [0.29, 0.717) is 12.3 Å². The van der Waals surface area contributed by atoms with E-state index >= 15 is 0 Å². The highest BCUT2D eigenvalue weighted by atomic mass is 35.5. The van der Waals surface area contributed by atoms with Crippen molar-refractivity contribution in [3.05, 3.63) is 40.3 Å². The first-order valence-electron chi connectivity index (χ1n) is 7.51. The Morgan fingerprint density at radius 2 is 2.29 bits per heavy atom. The van der Waals surface area contributed by atoms with Gasteiger partial charge in [-0.15, -0.1) is 35.1 Å². The Hall–Kier alpha value is -1.32. The lowest BCUT2D eigenvalue weighted by Crippen LogP contribution is -2.44. The smallest absolute Gasteiger partial charge is 0.232 e. The van der Waals surface area contributed by atoms with Crippen LogP contribution in [0.1, 0.15) is 23.5 Å². The molecule has 128 valence electrons. The Morgan fingerprint density at radius 1 is 1.38 bits per heavy atom. The third kappa shape index (κ3) is 3.68. The standard InChI is InChI=1S/C15H17N5OS2.ClH/c1-20-5-4-16-8-11(20)14-18-13(21-19-14)7-10-9-23-15(17-10)12-3-2-6-22-12;/h2-3,6,9,11,16H,4-5,7-8H2,1H3;1H. The summed E-state index contributed by atoms with van der Waals surface area (Å²) < 4.78 is 5.42. The predicted octanol–water partition coefficient (Wildman–Crippen LogP) is 2.84. The van der Waals surface area contributed by atoms with Gasteiger partial charge >= 0.3 is 0 Å². The first-order valence-corrected chi connectivity index (χ1v) is 9.27. The Balaban J connectivity index is 0.00000169. The van der Waals surface area contributed by atoms with Gasteiger partial charge in [-0.05, 0) is 18.5 Å². The maximum absolute atomic E-state index is 5.42. The van der Waals surface area contributed by atoms with Crippen LogP contribution >= 0.6 is 35.1 Å². The van der Waals surface area contributed by atoms with Crippen molar-refractivity contribution in [1.29, 1.82) is 0 Å². The number of halogens is 1. The summed E-state index contributed by atoms with van der Waals surface area (Å²) in [4.78, 5) is 12.7. The monoisotopic (exact) mass is 383 g/mol. The molecule has 1 N–H and O–H groups in total. The molecular weight excluding hydrogens is 366 g/mol. The highest BCUT2D eigenvalue weighted by molar-refractivity contribution is 7.20. The van der Waals surface area contributed by atoms with E-state index in [2.05, 4.69) is 49.2 Å². The van der Waals surface area contributed by atoms with E-state index < -0.39 is 0 Å². The summed E-state index contributed by atoms with van der Waals surface area (Å²) in [6.45, 7) is 2.85. The van der Waals surface area contributed by atoms with E-state index in [1.54, 1.807) is 22.7 Å². The molecule has 0 spiro atoms. The number of nitrogens with one attached hydrogen (secondary N) is 1. The number of piperazine rings is 1. The third-order valence-corrected chi connectivity index (χ3v) is 5.84. The van der Waals surface area contributed by atoms with Gasteiger partial charge in [0.15, 0.2) is 5.82 Å². The molecule has 4 heterocycles. The zero-order valence-electron chi connectivity index (χ0n) is 13.1. The Labute approximate surface area is 154 Å². The van der Waals surface area contributed by atoms with Gasteiger partial charge in [0.1, 0.15) is 5.01 Å². The minimum atomic E-state index is 0. The highest BCUT2D eigenvalue weighted by Crippen LogP contribution is 2.28. The van der Waals surface area contributed by atoms with E-state index in [1.807, 2.05) is 6.07 Å². The van der Waals surface area contributed by atoms with E-state index in [-0.39, 0.29) is 18.4 Å². The molecule has 0 amide bonds. The molecule has 1 fully saturated rings. The summed E-state index contributed by atoms with van der Waals surface area (Å²) in [5, 5.41) is 12.7. The van der Waals surface area contributed by atoms with Crippen LogP contribution in [0, 0.1) is 0 Å². The molecule has 4 rings (SSSR count). The average molecular weight is 384 g/mol. The fourth-order valence-corrected chi connectivity index (χ4v) is 4.26. The molecule has 1 aliphatic rings. The van der Waals surface area contributed by atoms with Crippen LogP contribution in [0.2, 0.25) is 0 Å². The van der Waals surface area contributed by atoms with Crippen molar-refractivity contribution in [2.24, 2.45) is 0 Å². The Morgan fingerprint density at radius 3 is 3.08 bits per heavy atom. The topological polar surface area (TPSA) is 67.1 Å². The molecule has 9 heteroatoms. The van der Waals surface area contributed by atoms with E-state index in [1.165, 1.54) is 4.88 Å². The number of hydrogen-bond acceptors (Lipinski definition) is 8. The second-order valence-corrected chi connectivity index (χ2v) is 7.35. The minimum Gasteiger partial charge on any atom is -0.339 e. The Kier molecular flexibility index (Phi) is 5.62. The summed E-state index contributed by atoms with van der Waals surface area (Å²) in [7, 11) is 2.09. The summed E-state index contributed by atoms with van der Waals surface area (Å²) in [6, 6.07) is 4.31. The van der Waals surface area contributed by atoms with Crippen LogP contribution in [0.15, 0.2) is 27.4 Å². The lowest BCUT2D eigenvalue weighted by molar-refractivity contribution is 0.190. The number of hydrogen-bond donors (Lipinski definition) is 1. The highest BCUT2D eigenvalue weighted by Gasteiger charge is 2.25. The number of thiophene rings is 1. The van der Waals surface area contributed by atoms with Crippen LogP contribution in [0.25, 0.3) is 9.88 Å². The van der Waals surface area contributed by atoms with E-state index in [4.69, 9.17) is 4.52 Å². The van der Waals surface area contributed by atoms with Gasteiger partial charge in [-0.1, -0.05) is 11.2 Å². The van der Waals surface area contributed by atoms with Gasteiger partial charge < -0.3 is 9.84 Å². The van der Waals surface area contributed by atoms with Gasteiger partial charge in [0, 0.05) is 25.0 Å². The summed E-state index contributed by atoms with van der Waals surface area (Å²) >= 11 is 3.36. The Bertz CT molecular complexity index is 773. The third-order valence-electron chi connectivity index (χ3n) is 3.91. The minimum absolute atomic E-state index is 0. The first-order chi connectivity index (χ1) is 11.3. The molecule has 24 heavy (non-hydrogen) atoms. The number of rotatable bonds is 4. The van der Waals surface area contributed by atoms with Crippen molar-refractivity contribution in [1.82, 2.24) is 25.3 Å². The van der Waals surface area contributed by atoms with E-state index in [9.17, 15) is 0 Å². The van der Waals surface area contributed by atoms with Crippen molar-refractivity contribution in [2.75, 3.05) is 26.7 Å². The summed E-state index contributed by atoms with van der Waals surface area (Å²) in [6.07, 6.45) is 0.582. The zero-order chi connectivity index (χ0) is 15.6. The first kappa shape index (κ1) is 17.5. The van der Waals surface area contributed by atoms with Crippen LogP contribution in [0.4, 0.5) is 0 Å². The lowest BCUT2D eigenvalue weighted by atomic mass is 10.2. The average Bonchev–Trinajstić information content (AvgIpc) is 3.29. The SMILES string of the molecule is CN1CCNCC1c1noc(Cc2csc(-c3cccs3)n2)n1.Cl. The molecule has 1 saturated heterocycles. The largest absolute Gasteiger partial charge is 0.339 e. The fraction of sp³-hybridized carbons (Fsp3) is 0.400. The molecule has 3 aromatic rings. The molecule has 3 aromatic heterocycles. The van der Waals surface area contributed by atoms with Gasteiger partial charge in [-0.3, -0.25) is 4.90 Å². The van der Waals surface area contributed by atoms with Crippen LogP contribution in [0.3, 0.4) is 0 Å². The number of aromatic nitrogens is 3. The normalized spacial score (nSPS) is 18.5. The molecule has 0 saturated carbocycles. The van der Waals surface area contributed by atoms with Gasteiger partial charge in [0.2, 0.25) is 5.89 Å². The molecule has 1 aliphatic heterocycles. The van der Waals surface area contributed by atoms with Crippen LogP contribution in [0.5, 0.6) is 0 Å². The maximum atomic E-state index is 5.42. The molecule has 1 atom stereocenters. The fourth-order valence-electron chi connectivity index (χ4n) is 2.63. The van der Waals surface area contributed by atoms with Crippen LogP contribution < -0.4 is 5.32 Å². The lowest BCUT2D eigenvalue weighted by Gasteiger charge is -2.30. The van der Waals surface area contributed by atoms with Gasteiger partial charge in [0.05, 0.1) is 23.0 Å². The van der Waals surface area contributed by atoms with E-state index in [0.717, 1.165) is 36.2 Å². The second-order valence-electron chi connectivity index (χ2n) is 5.54. The van der Waals surface area contributed by atoms with Crippen LogP contribution in [-0.4, -0.2) is 46.7 Å². The molecule has 1 unspecified atom stereocenters. The molecule has 0 radical (unpaired) electrons. The predicted molar refractivity (Wildman–Crippen MR) is 98.0 cm³/mol. The van der Waals surface area contributed by atoms with Crippen molar-refractivity contribution in [3.8, 4) is 9.88 Å². The summed E-state index contributed by atoms with van der Waals surface area (Å²) in [5.74, 6) is 1.38. The number of nitrogens with zero attached hydrogens (tertiary/aromatic N) is 4. The molecular formula is C15H18ClN5OS2. The molecule has 0 bridgehead atoms. The van der Waals surface area contributed by atoms with Gasteiger partial charge in [-0.25, -0.2) is 4.98 Å². The van der Waals surface area contributed by atoms with Crippen molar-refractivity contribution in [3.63, 3.8) is 0 Å². The molecule has 6 nitrogen and oxygen atoms in total. The second kappa shape index (κ2) is 7.71. The summed E-state index contributed by atoms with van der Waals surface area (Å²) in [5.41, 5.74) is 0.976. The van der Waals surface area contributed by atoms with Gasteiger partial charge in [-0.2, -0.15) is 4.98 Å². The maximum Gasteiger partial charge on any atom is 0.232 e. The molecule has 0 aliphatic carbocycles. The van der Waals surface area contributed by atoms with Crippen molar-refractivity contribution < 1.29 is 4.52 Å². The zero-order valence-corrected chi connectivity index (χ0v) is 15.6. The number of likely N-dealkylation sites (N-methyl/N-ethyl adjacent to an activating group) is 1. The van der Waals surface area contributed by atoms with Gasteiger partial charge in [0.25, 0.3) is 0 Å². The molecule has 0 aromatic carbocycles. The van der Waals surface area contributed by atoms with Crippen molar-refractivity contribution in [2.45, 2.75) is 12.5 Å².